The highest BCUT2D eigenvalue weighted by Crippen LogP contribution is 2.50. The van der Waals surface area contributed by atoms with Gasteiger partial charge in [0, 0.05) is 8.80 Å². The molecule has 0 aliphatic carbocycles. The van der Waals surface area contributed by atoms with Crippen molar-refractivity contribution >= 4 is 14.8 Å². The summed E-state index contributed by atoms with van der Waals surface area (Å²) < 4.78 is 5.02. The lowest BCUT2D eigenvalue weighted by Crippen LogP contribution is -2.69. The molecule has 0 radical (unpaired) electrons. The summed E-state index contributed by atoms with van der Waals surface area (Å²) in [5, 5.41) is 15.1. The Balaban J connectivity index is 2.40. The number of carbonyl (C=O) groups is 1. The predicted octanol–water partition coefficient (Wildman–Crippen LogP) is 2.72. The van der Waals surface area contributed by atoms with Gasteiger partial charge in [-0.1, -0.05) is 49.9 Å². The largest absolute Gasteiger partial charge is 0.467 e. The van der Waals surface area contributed by atoms with Crippen LogP contribution in [0.4, 0.5) is 0 Å². The van der Waals surface area contributed by atoms with Gasteiger partial charge in [-0.3, -0.25) is 0 Å². The van der Waals surface area contributed by atoms with Crippen LogP contribution in [0.2, 0.25) is 18.1 Å². The van der Waals surface area contributed by atoms with Crippen molar-refractivity contribution in [1.82, 2.24) is 5.32 Å². The molecule has 24 heavy (non-hydrogen) atoms. The van der Waals surface area contributed by atoms with Crippen LogP contribution < -0.4 is 5.32 Å². The first-order chi connectivity index (χ1) is 11.4. The number of rotatable bonds is 7. The van der Waals surface area contributed by atoms with Crippen LogP contribution in [0.15, 0.2) is 36.5 Å². The number of allylic oxidation sites excluding steroid dienone is 3. The van der Waals surface area contributed by atoms with Gasteiger partial charge in [0.15, 0.2) is 0 Å². The molecule has 0 amide bonds. The number of nitrogens with one attached hydrogen (secondary N) is 1. The smallest absolute Gasteiger partial charge is 0.344 e. The maximum absolute atomic E-state index is 12.7. The van der Waals surface area contributed by atoms with E-state index in [1.54, 1.807) is 12.2 Å². The monoisotopic (exact) mass is 349 g/mol. The van der Waals surface area contributed by atoms with Gasteiger partial charge >= 0.3 is 5.97 Å². The van der Waals surface area contributed by atoms with E-state index in [0.29, 0.717) is 11.1 Å². The molecule has 2 N–H and O–H groups in total. The average molecular weight is 350 g/mol. The van der Waals surface area contributed by atoms with Crippen LogP contribution in [0, 0.1) is 0 Å². The van der Waals surface area contributed by atoms with Gasteiger partial charge in [0.1, 0.15) is 0 Å². The lowest BCUT2D eigenvalue weighted by atomic mass is 9.68. The fourth-order valence-electron chi connectivity index (χ4n) is 3.91. The maximum Gasteiger partial charge on any atom is 0.344 e. The lowest BCUT2D eigenvalue weighted by molar-refractivity contribution is -0.168. The number of hydrogen-bond donors (Lipinski definition) is 2. The summed E-state index contributed by atoms with van der Waals surface area (Å²) in [5.41, 5.74) is -1.31. The number of piperidine rings is 1. The number of aliphatic hydroxyl groups is 1. The van der Waals surface area contributed by atoms with Crippen molar-refractivity contribution in [3.8, 4) is 0 Å². The molecule has 0 aromatic heterocycles. The van der Waals surface area contributed by atoms with Gasteiger partial charge in [-0.05, 0) is 43.8 Å². The minimum atomic E-state index is -1.73. The zero-order valence-corrected chi connectivity index (χ0v) is 16.3. The molecular formula is C19H31NO3Si. The first-order valence-electron chi connectivity index (χ1n) is 8.96. The number of methoxy groups -OCH3 is 1. The molecule has 2 heterocycles. The van der Waals surface area contributed by atoms with Crippen molar-refractivity contribution in [3.05, 3.63) is 36.5 Å². The van der Waals surface area contributed by atoms with E-state index in [-0.39, 0.29) is 0 Å². The van der Waals surface area contributed by atoms with E-state index >= 15 is 0 Å². The average Bonchev–Trinajstić information content (AvgIpc) is 3.28. The fraction of sp³-hybridized carbons (Fsp3) is 0.632. The quantitative estimate of drug-likeness (QED) is 0.421. The molecule has 0 aromatic rings. The zero-order valence-electron chi connectivity index (χ0n) is 15.2. The molecule has 2 rings (SSSR count). The van der Waals surface area contributed by atoms with E-state index in [2.05, 4.69) is 18.4 Å². The van der Waals surface area contributed by atoms with Gasteiger partial charge in [0.25, 0.3) is 0 Å². The lowest BCUT2D eigenvalue weighted by Gasteiger charge is -2.49. The zero-order chi connectivity index (χ0) is 17.8. The molecule has 0 spiro atoms. The van der Waals surface area contributed by atoms with Crippen LogP contribution in [0.5, 0.6) is 0 Å². The molecule has 2 aliphatic heterocycles. The van der Waals surface area contributed by atoms with E-state index < -0.39 is 25.9 Å². The highest BCUT2D eigenvalue weighted by atomic mass is 28.3. The summed E-state index contributed by atoms with van der Waals surface area (Å²) in [7, 11) is 0.683. The summed E-state index contributed by atoms with van der Waals surface area (Å²) in [6.45, 7) is 9.13. The number of esters is 1. The molecule has 2 saturated heterocycles. The third kappa shape index (κ3) is 3.58. The summed E-state index contributed by atoms with van der Waals surface area (Å²) in [4.78, 5) is 12.7. The Morgan fingerprint density at radius 1 is 1.50 bits per heavy atom. The van der Waals surface area contributed by atoms with E-state index in [9.17, 15) is 9.90 Å². The van der Waals surface area contributed by atoms with Gasteiger partial charge in [-0.15, -0.1) is 0 Å². The Morgan fingerprint density at radius 3 is 2.71 bits per heavy atom. The number of carbonyl (C=O) groups excluding carboxylic acids is 1. The molecule has 0 saturated carbocycles. The second-order valence-electron chi connectivity index (χ2n) is 7.26. The summed E-state index contributed by atoms with van der Waals surface area (Å²) in [6, 6.07) is 1.29. The highest BCUT2D eigenvalue weighted by molar-refractivity contribution is 6.70. The number of hydrogen-bond acceptors (Lipinski definition) is 4. The van der Waals surface area contributed by atoms with Crippen LogP contribution in [0.3, 0.4) is 0 Å². The van der Waals surface area contributed by atoms with Gasteiger partial charge < -0.3 is 15.2 Å². The fourth-order valence-corrected chi connectivity index (χ4v) is 6.50. The summed E-state index contributed by atoms with van der Waals surface area (Å²) in [6.07, 6.45) is 11.0. The third-order valence-electron chi connectivity index (χ3n) is 5.62. The van der Waals surface area contributed by atoms with Gasteiger partial charge in [0.05, 0.1) is 12.6 Å². The SMILES string of the molecule is C=C(C=CC=CC)C(O)(C(=O)OC)C1(CC2C[SiH]2C)CCCCN1. The van der Waals surface area contributed by atoms with E-state index in [1.807, 2.05) is 19.1 Å². The molecule has 134 valence electrons. The molecule has 4 atom stereocenters. The van der Waals surface area contributed by atoms with Crippen molar-refractivity contribution in [2.45, 2.75) is 61.9 Å². The van der Waals surface area contributed by atoms with Crippen LogP contribution in [0.1, 0.15) is 32.6 Å². The topological polar surface area (TPSA) is 58.6 Å². The molecule has 2 fully saturated rings. The van der Waals surface area contributed by atoms with Gasteiger partial charge in [-0.2, -0.15) is 0 Å². The second kappa shape index (κ2) is 7.81. The predicted molar refractivity (Wildman–Crippen MR) is 101 cm³/mol. The molecule has 4 unspecified atom stereocenters. The van der Waals surface area contributed by atoms with Crippen molar-refractivity contribution in [3.63, 3.8) is 0 Å². The van der Waals surface area contributed by atoms with Crippen molar-refractivity contribution < 1.29 is 14.6 Å². The Bertz CT molecular complexity index is 537. The highest BCUT2D eigenvalue weighted by Gasteiger charge is 2.60. The van der Waals surface area contributed by atoms with Crippen molar-refractivity contribution in [1.29, 1.82) is 0 Å². The Labute approximate surface area is 147 Å². The normalized spacial score (nSPS) is 32.7. The molecule has 2 aliphatic rings. The van der Waals surface area contributed by atoms with Crippen molar-refractivity contribution in [2.24, 2.45) is 0 Å². The maximum atomic E-state index is 12.7. The molecule has 4 nitrogen and oxygen atoms in total. The summed E-state index contributed by atoms with van der Waals surface area (Å²) >= 11 is 0. The number of ether oxygens (including phenoxy) is 1. The third-order valence-corrected chi connectivity index (χ3v) is 8.41. The van der Waals surface area contributed by atoms with Gasteiger partial charge in [-0.25, -0.2) is 4.79 Å². The Kier molecular flexibility index (Phi) is 6.23. The molecular weight excluding hydrogens is 318 g/mol. The van der Waals surface area contributed by atoms with E-state index in [0.717, 1.165) is 32.2 Å². The summed E-state index contributed by atoms with van der Waals surface area (Å²) in [5.74, 6) is -0.609. The molecule has 5 heteroatoms. The van der Waals surface area contributed by atoms with Crippen LogP contribution in [-0.2, 0) is 9.53 Å². The van der Waals surface area contributed by atoms with E-state index in [4.69, 9.17) is 4.74 Å². The Morgan fingerprint density at radius 2 is 2.21 bits per heavy atom. The van der Waals surface area contributed by atoms with Crippen molar-refractivity contribution in [2.75, 3.05) is 13.7 Å². The van der Waals surface area contributed by atoms with Crippen LogP contribution in [-0.4, -0.2) is 44.7 Å². The minimum Gasteiger partial charge on any atom is -0.467 e. The minimum absolute atomic E-state index is 0.400. The van der Waals surface area contributed by atoms with Crippen LogP contribution >= 0.6 is 0 Å². The Hall–Kier alpha value is -1.17. The first-order valence-corrected chi connectivity index (χ1v) is 11.6. The second-order valence-corrected chi connectivity index (χ2v) is 10.6. The first kappa shape index (κ1) is 19.2. The molecule has 0 aromatic carbocycles. The van der Waals surface area contributed by atoms with E-state index in [1.165, 1.54) is 13.2 Å². The van der Waals surface area contributed by atoms with Gasteiger partial charge in [0.2, 0.25) is 5.60 Å². The molecule has 0 bridgehead atoms. The van der Waals surface area contributed by atoms with Crippen LogP contribution in [0.25, 0.3) is 0 Å². The standard InChI is InChI=1S/C19H31NO3Si/c1-5-6-7-10-15(2)19(22,17(21)23-3)18(11-8-9-12-20-18)13-16-14-24(16)4/h5-7,10,16,20,22,24H,2,8-9,11-14H2,1,3-4H3.